The highest BCUT2D eigenvalue weighted by atomic mass is 16.5. The number of aromatic nitrogens is 3. The summed E-state index contributed by atoms with van der Waals surface area (Å²) in [6.07, 6.45) is 4.86. The van der Waals surface area contributed by atoms with Crippen LogP contribution in [0.3, 0.4) is 0 Å². The number of rotatable bonds is 6. The number of piperidine rings is 1. The maximum Gasteiger partial charge on any atom is 0.264 e. The van der Waals surface area contributed by atoms with Gasteiger partial charge in [0.1, 0.15) is 5.39 Å². The Kier molecular flexibility index (Phi) is 5.74. The fourth-order valence-corrected chi connectivity index (χ4v) is 4.07. The fraction of sp³-hybridized carbons (Fsp3) is 0.409. The zero-order chi connectivity index (χ0) is 21.1. The van der Waals surface area contributed by atoms with E-state index in [-0.39, 0.29) is 5.56 Å². The van der Waals surface area contributed by atoms with Crippen molar-refractivity contribution < 1.29 is 14.2 Å². The molecule has 2 aromatic heterocycles. The Labute approximate surface area is 174 Å². The van der Waals surface area contributed by atoms with E-state index in [1.807, 2.05) is 18.3 Å². The number of ether oxygens (including phenoxy) is 3. The van der Waals surface area contributed by atoms with Gasteiger partial charge < -0.3 is 19.1 Å². The van der Waals surface area contributed by atoms with E-state index in [0.29, 0.717) is 40.0 Å². The van der Waals surface area contributed by atoms with Crippen LogP contribution in [0.5, 0.6) is 17.2 Å². The molecular weight excluding hydrogens is 384 g/mol. The minimum absolute atomic E-state index is 0.261. The normalized spacial score (nSPS) is 14.7. The monoisotopic (exact) mass is 410 g/mol. The molecule has 1 aliphatic heterocycles. The largest absolute Gasteiger partial charge is 0.493 e. The maximum absolute atomic E-state index is 12.9. The third kappa shape index (κ3) is 3.77. The highest BCUT2D eigenvalue weighted by Gasteiger charge is 2.24. The Morgan fingerprint density at radius 1 is 1.10 bits per heavy atom. The number of methoxy groups -OCH3 is 3. The molecule has 0 spiro atoms. The van der Waals surface area contributed by atoms with Gasteiger partial charge in [0, 0.05) is 31.0 Å². The number of benzene rings is 1. The van der Waals surface area contributed by atoms with Gasteiger partial charge in [-0.05, 0) is 37.3 Å². The van der Waals surface area contributed by atoms with Gasteiger partial charge in [0.05, 0.1) is 26.8 Å². The Balaban J connectivity index is 1.59. The fourth-order valence-electron chi connectivity index (χ4n) is 4.07. The smallest absolute Gasteiger partial charge is 0.264 e. The number of nitrogens with zero attached hydrogens (tertiary/aromatic N) is 3. The van der Waals surface area contributed by atoms with Gasteiger partial charge in [-0.2, -0.15) is 0 Å². The van der Waals surface area contributed by atoms with E-state index in [0.717, 1.165) is 38.0 Å². The number of H-pyrrole nitrogens is 1. The van der Waals surface area contributed by atoms with E-state index >= 15 is 0 Å². The van der Waals surface area contributed by atoms with E-state index in [1.165, 1.54) is 14.2 Å². The minimum atomic E-state index is -0.261. The van der Waals surface area contributed by atoms with E-state index in [2.05, 4.69) is 20.9 Å². The molecule has 3 aromatic rings. The minimum Gasteiger partial charge on any atom is -0.493 e. The summed E-state index contributed by atoms with van der Waals surface area (Å²) in [5, 5.41) is 0.351. The van der Waals surface area contributed by atoms with Gasteiger partial charge >= 0.3 is 0 Å². The topological polar surface area (TPSA) is 89.6 Å². The molecule has 1 saturated heterocycles. The SMILES string of the molecule is COc1cc2nc(N3CCC(Cc4ccccn4)CC3)[nH]c(=O)c2c(OC)c1OC. The number of hydrogen-bond acceptors (Lipinski definition) is 7. The van der Waals surface area contributed by atoms with Crippen LogP contribution in [0.25, 0.3) is 10.9 Å². The van der Waals surface area contributed by atoms with Crippen molar-refractivity contribution in [3.05, 3.63) is 46.5 Å². The molecule has 1 aliphatic rings. The molecule has 30 heavy (non-hydrogen) atoms. The van der Waals surface area contributed by atoms with Gasteiger partial charge in [-0.25, -0.2) is 4.98 Å². The van der Waals surface area contributed by atoms with Gasteiger partial charge in [-0.3, -0.25) is 14.8 Å². The predicted octanol–water partition coefficient (Wildman–Crippen LogP) is 2.80. The summed E-state index contributed by atoms with van der Waals surface area (Å²) < 4.78 is 16.2. The molecule has 0 unspecified atom stereocenters. The first-order valence-electron chi connectivity index (χ1n) is 10.0. The zero-order valence-electron chi connectivity index (χ0n) is 17.5. The van der Waals surface area contributed by atoms with Crippen molar-refractivity contribution in [2.24, 2.45) is 5.92 Å². The van der Waals surface area contributed by atoms with Crippen molar-refractivity contribution in [3.8, 4) is 17.2 Å². The summed E-state index contributed by atoms with van der Waals surface area (Å²) in [4.78, 5) is 27.1. The van der Waals surface area contributed by atoms with E-state index in [4.69, 9.17) is 19.2 Å². The second-order valence-corrected chi connectivity index (χ2v) is 7.38. The molecule has 3 heterocycles. The van der Waals surface area contributed by atoms with Gasteiger partial charge in [-0.15, -0.1) is 0 Å². The highest BCUT2D eigenvalue weighted by Crippen LogP contribution is 2.41. The Bertz CT molecular complexity index is 1080. The van der Waals surface area contributed by atoms with Crippen LogP contribution in [-0.4, -0.2) is 49.4 Å². The van der Waals surface area contributed by atoms with Gasteiger partial charge in [0.15, 0.2) is 11.5 Å². The van der Waals surface area contributed by atoms with Gasteiger partial charge in [0.2, 0.25) is 11.7 Å². The van der Waals surface area contributed by atoms with E-state index in [9.17, 15) is 4.79 Å². The van der Waals surface area contributed by atoms with Crippen LogP contribution in [0.4, 0.5) is 5.95 Å². The summed E-state index contributed by atoms with van der Waals surface area (Å²) in [6, 6.07) is 7.75. The van der Waals surface area contributed by atoms with Gasteiger partial charge in [0.25, 0.3) is 5.56 Å². The van der Waals surface area contributed by atoms with Crippen molar-refractivity contribution in [2.45, 2.75) is 19.3 Å². The molecule has 1 aromatic carbocycles. The number of nitrogens with one attached hydrogen (secondary N) is 1. The average Bonchev–Trinajstić information content (AvgIpc) is 2.78. The molecular formula is C22H26N4O4. The lowest BCUT2D eigenvalue weighted by atomic mass is 9.92. The van der Waals surface area contributed by atoms with Crippen molar-refractivity contribution in [1.82, 2.24) is 15.0 Å². The first-order chi connectivity index (χ1) is 14.6. The lowest BCUT2D eigenvalue weighted by molar-refractivity contribution is 0.327. The Hall–Kier alpha value is -3.29. The number of fused-ring (bicyclic) bond motifs is 1. The third-order valence-electron chi connectivity index (χ3n) is 5.63. The summed E-state index contributed by atoms with van der Waals surface area (Å²) >= 11 is 0. The molecule has 1 fully saturated rings. The van der Waals surface area contributed by atoms with Crippen LogP contribution < -0.4 is 24.7 Å². The first kappa shape index (κ1) is 20.0. The summed E-state index contributed by atoms with van der Waals surface area (Å²) in [5.41, 5.74) is 1.38. The Morgan fingerprint density at radius 2 is 1.87 bits per heavy atom. The molecule has 0 radical (unpaired) electrons. The number of aromatic amines is 1. The van der Waals surface area contributed by atoms with Crippen LogP contribution in [0.2, 0.25) is 0 Å². The van der Waals surface area contributed by atoms with Crippen molar-refractivity contribution in [1.29, 1.82) is 0 Å². The highest BCUT2D eigenvalue weighted by molar-refractivity contribution is 5.90. The average molecular weight is 410 g/mol. The molecule has 0 saturated carbocycles. The lowest BCUT2D eigenvalue weighted by Crippen LogP contribution is -2.36. The lowest BCUT2D eigenvalue weighted by Gasteiger charge is -2.32. The molecule has 0 aliphatic carbocycles. The number of anilines is 1. The van der Waals surface area contributed by atoms with Crippen LogP contribution >= 0.6 is 0 Å². The van der Waals surface area contributed by atoms with E-state index < -0.39 is 0 Å². The third-order valence-corrected chi connectivity index (χ3v) is 5.63. The van der Waals surface area contributed by atoms with Crippen LogP contribution in [0.1, 0.15) is 18.5 Å². The number of pyridine rings is 1. The maximum atomic E-state index is 12.9. The molecule has 0 amide bonds. The molecule has 158 valence electrons. The molecule has 0 bridgehead atoms. The summed E-state index contributed by atoms with van der Waals surface area (Å²) in [7, 11) is 4.55. The van der Waals surface area contributed by atoms with Crippen molar-refractivity contribution >= 4 is 16.9 Å². The molecule has 4 rings (SSSR count). The quantitative estimate of drug-likeness (QED) is 0.668. The number of hydrogen-bond donors (Lipinski definition) is 1. The first-order valence-corrected chi connectivity index (χ1v) is 10.0. The Morgan fingerprint density at radius 3 is 2.50 bits per heavy atom. The molecule has 0 atom stereocenters. The van der Waals surface area contributed by atoms with Crippen molar-refractivity contribution in [2.75, 3.05) is 39.3 Å². The van der Waals surface area contributed by atoms with Crippen molar-refractivity contribution in [3.63, 3.8) is 0 Å². The van der Waals surface area contributed by atoms with Crippen LogP contribution in [0.15, 0.2) is 35.3 Å². The second kappa shape index (κ2) is 8.61. The molecule has 8 nitrogen and oxygen atoms in total. The standard InChI is InChI=1S/C22H26N4O4/c1-28-17-13-16-18(20(30-3)19(17)29-2)21(27)25-22(24-16)26-10-7-14(8-11-26)12-15-6-4-5-9-23-15/h4-6,9,13-14H,7-8,10-12H2,1-3H3,(H,24,25,27). The second-order valence-electron chi connectivity index (χ2n) is 7.38. The summed E-state index contributed by atoms with van der Waals surface area (Å²) in [6.45, 7) is 1.66. The van der Waals surface area contributed by atoms with Crippen LogP contribution in [-0.2, 0) is 6.42 Å². The predicted molar refractivity (Wildman–Crippen MR) is 115 cm³/mol. The zero-order valence-corrected chi connectivity index (χ0v) is 17.5. The molecule has 1 N–H and O–H groups in total. The van der Waals surface area contributed by atoms with E-state index in [1.54, 1.807) is 13.2 Å². The molecule has 8 heteroatoms. The van der Waals surface area contributed by atoms with Gasteiger partial charge in [-0.1, -0.05) is 6.07 Å². The summed E-state index contributed by atoms with van der Waals surface area (Å²) in [5.74, 6) is 2.31. The van der Waals surface area contributed by atoms with Crippen LogP contribution in [0, 0.1) is 5.92 Å².